The highest BCUT2D eigenvalue weighted by Gasteiger charge is 2.37. The number of likely N-dealkylation sites (N-methyl/N-ethyl adjacent to an activating group) is 1. The van der Waals surface area contributed by atoms with Gasteiger partial charge < -0.3 is 15.0 Å². The Morgan fingerprint density at radius 2 is 2.09 bits per heavy atom. The van der Waals surface area contributed by atoms with Crippen LogP contribution in [0.5, 0.6) is 0 Å². The number of fused-ring (bicyclic) bond motifs is 1. The van der Waals surface area contributed by atoms with Gasteiger partial charge in [0, 0.05) is 24.5 Å². The number of anilines is 2. The van der Waals surface area contributed by atoms with Gasteiger partial charge in [0.1, 0.15) is 0 Å². The molecule has 0 aliphatic carbocycles. The number of rotatable bonds is 3. The molecule has 1 fully saturated rings. The first-order valence-electron chi connectivity index (χ1n) is 7.57. The van der Waals surface area contributed by atoms with Gasteiger partial charge in [0.2, 0.25) is 5.91 Å². The van der Waals surface area contributed by atoms with Crippen molar-refractivity contribution in [2.45, 2.75) is 32.4 Å². The summed E-state index contributed by atoms with van der Waals surface area (Å²) in [6, 6.07) is 5.53. The van der Waals surface area contributed by atoms with Gasteiger partial charge in [-0.25, -0.2) is 4.79 Å². The van der Waals surface area contributed by atoms with Gasteiger partial charge >= 0.3 is 6.09 Å². The third-order valence-electron chi connectivity index (χ3n) is 4.11. The molecule has 2 heterocycles. The molecule has 1 saturated heterocycles. The minimum Gasteiger partial charge on any atom is -0.434 e. The van der Waals surface area contributed by atoms with Crippen LogP contribution in [0.25, 0.3) is 0 Å². The van der Waals surface area contributed by atoms with Gasteiger partial charge in [-0.3, -0.25) is 14.5 Å². The lowest BCUT2D eigenvalue weighted by molar-refractivity contribution is -0.127. The monoisotopic (exact) mass is 317 g/mol. The Morgan fingerprint density at radius 1 is 1.35 bits per heavy atom. The molecule has 0 aromatic heterocycles. The highest BCUT2D eigenvalue weighted by Crippen LogP contribution is 2.34. The van der Waals surface area contributed by atoms with Crippen molar-refractivity contribution in [3.05, 3.63) is 23.8 Å². The summed E-state index contributed by atoms with van der Waals surface area (Å²) in [5.74, 6) is -0.275. The lowest BCUT2D eigenvalue weighted by atomic mass is 10.1. The number of carbonyl (C=O) groups excluding carboxylic acids is 3. The number of carbonyl (C=O) groups is 3. The molecule has 0 radical (unpaired) electrons. The van der Waals surface area contributed by atoms with Crippen molar-refractivity contribution in [2.75, 3.05) is 23.4 Å². The van der Waals surface area contributed by atoms with E-state index in [-0.39, 0.29) is 24.4 Å². The van der Waals surface area contributed by atoms with Crippen LogP contribution in [0.4, 0.5) is 16.2 Å². The van der Waals surface area contributed by atoms with E-state index in [2.05, 4.69) is 5.32 Å². The van der Waals surface area contributed by atoms with E-state index in [9.17, 15) is 14.4 Å². The molecular formula is C16H19N3O4. The standard InChI is InChI=1S/C16H19N3O4/c1-9(2)19-12-5-4-11(6-10(12)7-14(19)20)18-8-13(15(21)17-3)23-16(18)22/h4-6,9,13H,7-8H2,1-3H3,(H,17,21)/t13-/m1/s1. The number of hydrogen-bond donors (Lipinski definition) is 1. The molecule has 122 valence electrons. The van der Waals surface area contributed by atoms with Crippen molar-refractivity contribution >= 4 is 29.3 Å². The van der Waals surface area contributed by atoms with Gasteiger partial charge in [-0.1, -0.05) is 0 Å². The molecule has 1 aromatic rings. The average Bonchev–Trinajstić information content (AvgIpc) is 3.04. The lowest BCUT2D eigenvalue weighted by Crippen LogP contribution is -2.35. The van der Waals surface area contributed by atoms with E-state index in [1.54, 1.807) is 11.0 Å². The van der Waals surface area contributed by atoms with E-state index >= 15 is 0 Å². The molecule has 0 saturated carbocycles. The maximum Gasteiger partial charge on any atom is 0.415 e. The number of cyclic esters (lactones) is 1. The fourth-order valence-electron chi connectivity index (χ4n) is 3.04. The van der Waals surface area contributed by atoms with Gasteiger partial charge in [-0.05, 0) is 37.6 Å². The fourth-order valence-corrected chi connectivity index (χ4v) is 3.04. The molecule has 0 bridgehead atoms. The molecule has 0 unspecified atom stereocenters. The summed E-state index contributed by atoms with van der Waals surface area (Å²) in [6.07, 6.45) is -1.04. The van der Waals surface area contributed by atoms with Crippen LogP contribution in [0.1, 0.15) is 19.4 Å². The molecular weight excluding hydrogens is 298 g/mol. The Morgan fingerprint density at radius 3 is 2.74 bits per heavy atom. The van der Waals surface area contributed by atoms with E-state index in [0.29, 0.717) is 12.1 Å². The third kappa shape index (κ3) is 2.52. The topological polar surface area (TPSA) is 79.0 Å². The number of hydrogen-bond acceptors (Lipinski definition) is 4. The summed E-state index contributed by atoms with van der Waals surface area (Å²) in [5, 5.41) is 2.47. The molecule has 7 nitrogen and oxygen atoms in total. The van der Waals surface area contributed by atoms with Gasteiger partial charge in [-0.15, -0.1) is 0 Å². The van der Waals surface area contributed by atoms with Crippen molar-refractivity contribution in [1.82, 2.24) is 5.32 Å². The quantitative estimate of drug-likeness (QED) is 0.904. The number of benzene rings is 1. The molecule has 23 heavy (non-hydrogen) atoms. The molecule has 7 heteroatoms. The Bertz CT molecular complexity index is 686. The smallest absolute Gasteiger partial charge is 0.415 e. The molecule has 2 aliphatic heterocycles. The fraction of sp³-hybridized carbons (Fsp3) is 0.438. The lowest BCUT2D eigenvalue weighted by Gasteiger charge is -2.22. The highest BCUT2D eigenvalue weighted by atomic mass is 16.6. The van der Waals surface area contributed by atoms with Gasteiger partial charge in [0.05, 0.1) is 13.0 Å². The zero-order valence-corrected chi connectivity index (χ0v) is 13.3. The van der Waals surface area contributed by atoms with Crippen LogP contribution in [-0.2, 0) is 20.7 Å². The summed E-state index contributed by atoms with van der Waals surface area (Å²) in [7, 11) is 1.50. The molecule has 1 aromatic carbocycles. The Balaban J connectivity index is 1.87. The van der Waals surface area contributed by atoms with Crippen LogP contribution < -0.4 is 15.1 Å². The maximum atomic E-state index is 12.1. The second-order valence-corrected chi connectivity index (χ2v) is 5.94. The van der Waals surface area contributed by atoms with E-state index in [0.717, 1.165) is 11.3 Å². The predicted molar refractivity (Wildman–Crippen MR) is 84.4 cm³/mol. The number of ether oxygens (including phenoxy) is 1. The number of amides is 3. The van der Waals surface area contributed by atoms with Gasteiger partial charge in [-0.2, -0.15) is 0 Å². The zero-order chi connectivity index (χ0) is 16.7. The molecule has 1 N–H and O–H groups in total. The van der Waals surface area contributed by atoms with Crippen LogP contribution in [-0.4, -0.2) is 43.6 Å². The molecule has 1 atom stereocenters. The first kappa shape index (κ1) is 15.3. The Kier molecular flexibility index (Phi) is 3.71. The Hall–Kier alpha value is -2.57. The van der Waals surface area contributed by atoms with Crippen LogP contribution in [0, 0.1) is 0 Å². The summed E-state index contributed by atoms with van der Waals surface area (Å²) in [6.45, 7) is 4.10. The van der Waals surface area contributed by atoms with Gasteiger partial charge in [0.25, 0.3) is 5.91 Å². The predicted octanol–water partition coefficient (Wildman–Crippen LogP) is 1.06. The van der Waals surface area contributed by atoms with E-state index in [1.807, 2.05) is 26.0 Å². The van der Waals surface area contributed by atoms with Crippen LogP contribution in [0.2, 0.25) is 0 Å². The Labute approximate surface area is 134 Å². The van der Waals surface area contributed by atoms with Crippen molar-refractivity contribution in [2.24, 2.45) is 0 Å². The zero-order valence-electron chi connectivity index (χ0n) is 13.3. The van der Waals surface area contributed by atoms with E-state index in [4.69, 9.17) is 4.74 Å². The van der Waals surface area contributed by atoms with Crippen molar-refractivity contribution in [3.63, 3.8) is 0 Å². The molecule has 2 aliphatic rings. The molecule has 3 rings (SSSR count). The van der Waals surface area contributed by atoms with E-state index in [1.165, 1.54) is 11.9 Å². The summed E-state index contributed by atoms with van der Waals surface area (Å²) >= 11 is 0. The van der Waals surface area contributed by atoms with Crippen LogP contribution >= 0.6 is 0 Å². The third-order valence-corrected chi connectivity index (χ3v) is 4.11. The van der Waals surface area contributed by atoms with Crippen LogP contribution in [0.15, 0.2) is 18.2 Å². The minimum atomic E-state index is -0.811. The van der Waals surface area contributed by atoms with Crippen molar-refractivity contribution in [1.29, 1.82) is 0 Å². The van der Waals surface area contributed by atoms with Crippen molar-refractivity contribution in [3.8, 4) is 0 Å². The second-order valence-electron chi connectivity index (χ2n) is 5.94. The summed E-state index contributed by atoms with van der Waals surface area (Å²) in [4.78, 5) is 38.9. The molecule has 0 spiro atoms. The van der Waals surface area contributed by atoms with E-state index < -0.39 is 12.2 Å². The minimum absolute atomic E-state index is 0.0550. The second kappa shape index (κ2) is 5.57. The maximum absolute atomic E-state index is 12.1. The first-order valence-corrected chi connectivity index (χ1v) is 7.57. The first-order chi connectivity index (χ1) is 10.9. The number of nitrogens with one attached hydrogen (secondary N) is 1. The van der Waals surface area contributed by atoms with Gasteiger partial charge in [0.15, 0.2) is 6.10 Å². The van der Waals surface area contributed by atoms with Crippen molar-refractivity contribution < 1.29 is 19.1 Å². The largest absolute Gasteiger partial charge is 0.434 e. The summed E-state index contributed by atoms with van der Waals surface area (Å²) in [5.41, 5.74) is 2.40. The number of nitrogens with zero attached hydrogens (tertiary/aromatic N) is 2. The molecule has 3 amide bonds. The average molecular weight is 317 g/mol. The normalized spacial score (nSPS) is 20.1. The SMILES string of the molecule is CNC(=O)[C@H]1CN(c2ccc3c(c2)CC(=O)N3C(C)C)C(=O)O1. The highest BCUT2D eigenvalue weighted by molar-refractivity contribution is 6.03. The summed E-state index contributed by atoms with van der Waals surface area (Å²) < 4.78 is 5.08. The van der Waals surface area contributed by atoms with Crippen LogP contribution in [0.3, 0.4) is 0 Å².